The summed E-state index contributed by atoms with van der Waals surface area (Å²) in [5, 5.41) is 0. The van der Waals surface area contributed by atoms with Gasteiger partial charge in [0.2, 0.25) is 0 Å². The second-order valence-corrected chi connectivity index (χ2v) is 3.88. The van der Waals surface area contributed by atoms with E-state index in [1.54, 1.807) is 6.08 Å². The van der Waals surface area contributed by atoms with Crippen molar-refractivity contribution in [2.24, 2.45) is 0 Å². The van der Waals surface area contributed by atoms with Crippen LogP contribution in [0.4, 0.5) is 0 Å². The van der Waals surface area contributed by atoms with E-state index in [0.29, 0.717) is 0 Å². The number of hydrogen-bond acceptors (Lipinski definition) is 0. The first-order chi connectivity index (χ1) is 8.52. The van der Waals surface area contributed by atoms with Crippen LogP contribution in [0.3, 0.4) is 0 Å². The van der Waals surface area contributed by atoms with Gasteiger partial charge in [0.1, 0.15) is 0 Å². The Morgan fingerprint density at radius 3 is 1.94 bits per heavy atom. The van der Waals surface area contributed by atoms with Crippen molar-refractivity contribution in [3.63, 3.8) is 0 Å². The van der Waals surface area contributed by atoms with E-state index >= 15 is 0 Å². The summed E-state index contributed by atoms with van der Waals surface area (Å²) in [6.07, 6.45) is 15.3. The van der Waals surface area contributed by atoms with Crippen LogP contribution < -0.4 is 0 Å². The fourth-order valence-corrected chi connectivity index (χ4v) is 1.08. The van der Waals surface area contributed by atoms with E-state index in [2.05, 4.69) is 26.3 Å². The summed E-state index contributed by atoms with van der Waals surface area (Å²) in [5.41, 5.74) is 3.83. The molecule has 0 aromatic carbocycles. The van der Waals surface area contributed by atoms with Gasteiger partial charge in [-0.05, 0) is 36.1 Å². The zero-order chi connectivity index (χ0) is 14.0. The van der Waals surface area contributed by atoms with Crippen molar-refractivity contribution in [1.82, 2.24) is 0 Å². The molecule has 18 heavy (non-hydrogen) atoms. The van der Waals surface area contributed by atoms with Crippen molar-refractivity contribution in [3.8, 4) is 0 Å². The molecule has 0 heteroatoms. The van der Waals surface area contributed by atoms with Crippen molar-refractivity contribution >= 4 is 0 Å². The van der Waals surface area contributed by atoms with Crippen LogP contribution in [0.25, 0.3) is 0 Å². The maximum absolute atomic E-state index is 4.01. The third-order valence-electron chi connectivity index (χ3n) is 2.38. The molecule has 0 amide bonds. The van der Waals surface area contributed by atoms with Crippen molar-refractivity contribution in [2.75, 3.05) is 0 Å². The average molecular weight is 238 g/mol. The predicted octanol–water partition coefficient (Wildman–Crippen LogP) is 5.48. The molecule has 0 saturated carbocycles. The highest BCUT2D eigenvalue weighted by Crippen LogP contribution is 2.13. The summed E-state index contributed by atoms with van der Waals surface area (Å²) >= 11 is 0. The molecule has 0 aromatic heterocycles. The Morgan fingerprint density at radius 2 is 1.39 bits per heavy atom. The van der Waals surface area contributed by atoms with Gasteiger partial charge in [0.15, 0.2) is 0 Å². The molecular formula is C18H22. The van der Waals surface area contributed by atoms with Crippen LogP contribution in [0, 0.1) is 0 Å². The molecule has 0 aliphatic rings. The van der Waals surface area contributed by atoms with Gasteiger partial charge in [0.05, 0.1) is 0 Å². The fraction of sp³-hybridized carbons (Fsp3) is 0.111. The van der Waals surface area contributed by atoms with Gasteiger partial charge >= 0.3 is 0 Å². The van der Waals surface area contributed by atoms with Gasteiger partial charge in [-0.15, -0.1) is 0 Å². The zero-order valence-electron chi connectivity index (χ0n) is 11.4. The van der Waals surface area contributed by atoms with Crippen molar-refractivity contribution in [2.45, 2.75) is 13.8 Å². The Kier molecular flexibility index (Phi) is 7.96. The molecular weight excluding hydrogens is 216 g/mol. The first-order valence-corrected chi connectivity index (χ1v) is 5.87. The lowest BCUT2D eigenvalue weighted by molar-refractivity contribution is 1.43. The van der Waals surface area contributed by atoms with E-state index in [-0.39, 0.29) is 0 Å². The topological polar surface area (TPSA) is 0 Å². The third kappa shape index (κ3) is 6.49. The van der Waals surface area contributed by atoms with Crippen LogP contribution >= 0.6 is 0 Å². The lowest BCUT2D eigenvalue weighted by Crippen LogP contribution is -1.81. The summed E-state index contributed by atoms with van der Waals surface area (Å²) in [6, 6.07) is 0. The van der Waals surface area contributed by atoms with E-state index in [0.717, 1.165) is 22.3 Å². The van der Waals surface area contributed by atoms with E-state index < -0.39 is 0 Å². The quantitative estimate of drug-likeness (QED) is 0.515. The van der Waals surface area contributed by atoms with Gasteiger partial charge in [-0.3, -0.25) is 0 Å². The van der Waals surface area contributed by atoms with E-state index in [9.17, 15) is 0 Å². The molecule has 0 radical (unpaired) electrons. The smallest absolute Gasteiger partial charge is 0.0262 e. The maximum Gasteiger partial charge on any atom is -0.0262 e. The molecule has 0 aliphatic carbocycles. The fourth-order valence-electron chi connectivity index (χ4n) is 1.08. The first-order valence-electron chi connectivity index (χ1n) is 5.87. The molecule has 0 spiro atoms. The van der Waals surface area contributed by atoms with Crippen LogP contribution in [-0.4, -0.2) is 0 Å². The monoisotopic (exact) mass is 238 g/mol. The normalized spacial score (nSPS) is 12.4. The minimum Gasteiger partial charge on any atom is -0.0991 e. The number of hydrogen-bond donors (Lipinski definition) is 0. The summed E-state index contributed by atoms with van der Waals surface area (Å²) < 4.78 is 0. The van der Waals surface area contributed by atoms with Crippen LogP contribution in [0.5, 0.6) is 0 Å². The van der Waals surface area contributed by atoms with Gasteiger partial charge in [-0.25, -0.2) is 0 Å². The molecule has 0 aliphatic heterocycles. The Morgan fingerprint density at radius 1 is 0.833 bits per heavy atom. The SMILES string of the molecule is C=CC=CC(=C)C(=C)C=CC(=C)C(C)=CC=CC. The minimum atomic E-state index is 0.869. The summed E-state index contributed by atoms with van der Waals surface area (Å²) in [6.45, 7) is 19.5. The molecule has 0 unspecified atom stereocenters. The highest BCUT2D eigenvalue weighted by molar-refractivity contribution is 5.47. The summed E-state index contributed by atoms with van der Waals surface area (Å²) in [4.78, 5) is 0. The van der Waals surface area contributed by atoms with Gasteiger partial charge < -0.3 is 0 Å². The first kappa shape index (κ1) is 15.9. The highest BCUT2D eigenvalue weighted by Gasteiger charge is 1.93. The van der Waals surface area contributed by atoms with Gasteiger partial charge in [0.25, 0.3) is 0 Å². The molecule has 0 heterocycles. The van der Waals surface area contributed by atoms with Crippen molar-refractivity contribution in [1.29, 1.82) is 0 Å². The molecule has 0 N–H and O–H groups in total. The Labute approximate surface area is 111 Å². The largest absolute Gasteiger partial charge is 0.0991 e. The molecule has 0 atom stereocenters. The molecule has 0 rings (SSSR count). The molecule has 0 saturated heterocycles. The van der Waals surface area contributed by atoms with E-state index in [1.165, 1.54) is 0 Å². The lowest BCUT2D eigenvalue weighted by atomic mass is 10.0. The molecule has 0 aromatic rings. The van der Waals surface area contributed by atoms with Gasteiger partial charge in [-0.1, -0.05) is 74.9 Å². The van der Waals surface area contributed by atoms with Crippen molar-refractivity contribution in [3.05, 3.63) is 97.2 Å². The second kappa shape index (κ2) is 9.00. The Balaban J connectivity index is 4.61. The van der Waals surface area contributed by atoms with Crippen LogP contribution in [0.1, 0.15) is 13.8 Å². The molecule has 0 nitrogen and oxygen atoms in total. The van der Waals surface area contributed by atoms with E-state index in [1.807, 2.05) is 56.4 Å². The summed E-state index contributed by atoms with van der Waals surface area (Å²) in [5.74, 6) is 0. The summed E-state index contributed by atoms with van der Waals surface area (Å²) in [7, 11) is 0. The van der Waals surface area contributed by atoms with E-state index in [4.69, 9.17) is 0 Å². The van der Waals surface area contributed by atoms with Crippen LogP contribution in [0.15, 0.2) is 97.2 Å². The zero-order valence-corrected chi connectivity index (χ0v) is 11.4. The van der Waals surface area contributed by atoms with Crippen LogP contribution in [-0.2, 0) is 0 Å². The average Bonchev–Trinajstić information content (AvgIpc) is 2.38. The van der Waals surface area contributed by atoms with Crippen LogP contribution in [0.2, 0.25) is 0 Å². The maximum atomic E-state index is 4.01. The third-order valence-corrected chi connectivity index (χ3v) is 2.38. The van der Waals surface area contributed by atoms with Gasteiger partial charge in [-0.2, -0.15) is 0 Å². The Hall–Kier alpha value is -2.08. The van der Waals surface area contributed by atoms with Crippen molar-refractivity contribution < 1.29 is 0 Å². The minimum absolute atomic E-state index is 0.869. The Bertz CT molecular complexity index is 448. The second-order valence-electron chi connectivity index (χ2n) is 3.88. The number of allylic oxidation sites excluding steroid dienone is 12. The van der Waals surface area contributed by atoms with Gasteiger partial charge in [0, 0.05) is 0 Å². The highest BCUT2D eigenvalue weighted by atomic mass is 14.0. The molecule has 0 fully saturated rings. The molecule has 94 valence electrons. The molecule has 0 bridgehead atoms. The number of rotatable bonds is 7. The lowest BCUT2D eigenvalue weighted by Gasteiger charge is -2.01. The standard InChI is InChI=1S/C18H22/c1-7-9-11-15(3)17(5)13-14-18(6)16(4)12-10-8-2/h7-14H,1,3,5-6H2,2,4H3. The predicted molar refractivity (Wildman–Crippen MR) is 84.5 cm³/mol.